The Morgan fingerprint density at radius 1 is 1.58 bits per heavy atom. The summed E-state index contributed by atoms with van der Waals surface area (Å²) in [5.41, 5.74) is 1.39. The van der Waals surface area contributed by atoms with Crippen molar-refractivity contribution in [1.82, 2.24) is 4.98 Å². The summed E-state index contributed by atoms with van der Waals surface area (Å²) in [6.07, 6.45) is 4.67. The third-order valence-corrected chi connectivity index (χ3v) is 1.43. The van der Waals surface area contributed by atoms with Crippen LogP contribution in [0.5, 0.6) is 0 Å². The molecule has 0 aliphatic carbocycles. The lowest BCUT2D eigenvalue weighted by atomic mass is 10.3. The number of nitrogens with zero attached hydrogens (tertiary/aromatic N) is 3. The highest BCUT2D eigenvalue weighted by atomic mass is 16.1. The predicted molar refractivity (Wildman–Crippen MR) is 46.3 cm³/mol. The number of aromatic nitrogens is 1. The molecule has 0 fully saturated rings. The van der Waals surface area contributed by atoms with Crippen LogP contribution in [-0.4, -0.2) is 25.2 Å². The summed E-state index contributed by atoms with van der Waals surface area (Å²) in [7, 11) is 3.75. The van der Waals surface area contributed by atoms with E-state index in [9.17, 15) is 4.79 Å². The maximum absolute atomic E-state index is 10.0. The molecular formula is C8H9N3O. The highest BCUT2D eigenvalue weighted by Gasteiger charge is 2.01. The number of hydrogen-bond donors (Lipinski definition) is 0. The summed E-state index contributed by atoms with van der Waals surface area (Å²) in [6, 6.07) is 1.79. The first-order chi connectivity index (χ1) is 5.75. The molecule has 1 aromatic rings. The van der Waals surface area contributed by atoms with E-state index in [1.54, 1.807) is 12.3 Å². The molecule has 62 valence electrons. The summed E-state index contributed by atoms with van der Waals surface area (Å²) < 4.78 is 0. The molecular weight excluding hydrogens is 154 g/mol. The van der Waals surface area contributed by atoms with Gasteiger partial charge in [0.25, 0.3) is 0 Å². The lowest BCUT2D eigenvalue weighted by molar-refractivity contribution is 0.565. The van der Waals surface area contributed by atoms with Crippen LogP contribution in [0.25, 0.3) is 0 Å². The second-order valence-corrected chi connectivity index (χ2v) is 2.46. The van der Waals surface area contributed by atoms with Crippen LogP contribution in [0.15, 0.2) is 23.5 Å². The minimum atomic E-state index is 0.539. The van der Waals surface area contributed by atoms with E-state index in [1.807, 2.05) is 19.0 Å². The third kappa shape index (κ3) is 1.68. The standard InChI is InChI=1S/C8H9N3O/c1-11(2)8-3-4-9-5-7(8)10-6-12/h3-5H,1-2H3. The minimum absolute atomic E-state index is 0.539. The molecule has 0 radical (unpaired) electrons. The van der Waals surface area contributed by atoms with Gasteiger partial charge in [-0.15, -0.1) is 0 Å². The Kier molecular flexibility index (Phi) is 2.56. The van der Waals surface area contributed by atoms with Crippen molar-refractivity contribution in [3.63, 3.8) is 0 Å². The zero-order valence-electron chi connectivity index (χ0n) is 6.98. The molecule has 0 saturated carbocycles. The van der Waals surface area contributed by atoms with Gasteiger partial charge in [-0.1, -0.05) is 0 Å². The Morgan fingerprint density at radius 2 is 2.33 bits per heavy atom. The van der Waals surface area contributed by atoms with E-state index in [0.29, 0.717) is 5.69 Å². The average molecular weight is 163 g/mol. The summed E-state index contributed by atoms with van der Waals surface area (Å²) in [5, 5.41) is 0. The SMILES string of the molecule is CN(C)c1ccncc1N=C=O. The maximum Gasteiger partial charge on any atom is 0.240 e. The molecule has 0 aromatic carbocycles. The van der Waals surface area contributed by atoms with Gasteiger partial charge < -0.3 is 4.90 Å². The van der Waals surface area contributed by atoms with Crippen LogP contribution in [0.3, 0.4) is 0 Å². The van der Waals surface area contributed by atoms with Gasteiger partial charge in [-0.25, -0.2) is 4.79 Å². The maximum atomic E-state index is 10.0. The zero-order valence-corrected chi connectivity index (χ0v) is 6.98. The molecule has 0 unspecified atom stereocenters. The molecule has 0 aliphatic rings. The van der Waals surface area contributed by atoms with E-state index >= 15 is 0 Å². The molecule has 0 atom stereocenters. The highest BCUT2D eigenvalue weighted by Crippen LogP contribution is 2.24. The van der Waals surface area contributed by atoms with Gasteiger partial charge in [0.2, 0.25) is 6.08 Å². The van der Waals surface area contributed by atoms with Crippen LogP contribution < -0.4 is 4.90 Å². The van der Waals surface area contributed by atoms with Crippen LogP contribution in [0.2, 0.25) is 0 Å². The first kappa shape index (κ1) is 8.43. The Morgan fingerprint density at radius 3 is 2.92 bits per heavy atom. The van der Waals surface area contributed by atoms with Crippen molar-refractivity contribution < 1.29 is 4.79 Å². The van der Waals surface area contributed by atoms with Crippen molar-refractivity contribution >= 4 is 17.5 Å². The fourth-order valence-electron chi connectivity index (χ4n) is 0.892. The summed E-state index contributed by atoms with van der Waals surface area (Å²) in [6.45, 7) is 0. The number of rotatable bonds is 2. The minimum Gasteiger partial charge on any atom is -0.376 e. The van der Waals surface area contributed by atoms with Gasteiger partial charge in [-0.05, 0) is 6.07 Å². The van der Waals surface area contributed by atoms with Gasteiger partial charge in [0.15, 0.2) is 0 Å². The predicted octanol–water partition coefficient (Wildman–Crippen LogP) is 1.11. The topological polar surface area (TPSA) is 45.6 Å². The molecule has 0 N–H and O–H groups in total. The van der Waals surface area contributed by atoms with Crippen molar-refractivity contribution in [3.8, 4) is 0 Å². The van der Waals surface area contributed by atoms with Crippen LogP contribution in [0.4, 0.5) is 11.4 Å². The van der Waals surface area contributed by atoms with E-state index in [2.05, 4.69) is 9.98 Å². The van der Waals surface area contributed by atoms with Crippen molar-refractivity contribution in [3.05, 3.63) is 18.5 Å². The van der Waals surface area contributed by atoms with E-state index in [1.165, 1.54) is 12.3 Å². The number of isocyanates is 1. The van der Waals surface area contributed by atoms with Gasteiger partial charge in [0.05, 0.1) is 11.9 Å². The monoisotopic (exact) mass is 163 g/mol. The van der Waals surface area contributed by atoms with Crippen molar-refractivity contribution in [2.24, 2.45) is 4.99 Å². The van der Waals surface area contributed by atoms with Crippen LogP contribution in [0.1, 0.15) is 0 Å². The molecule has 0 aliphatic heterocycles. The van der Waals surface area contributed by atoms with Crippen LogP contribution in [-0.2, 0) is 4.79 Å². The summed E-state index contributed by atoms with van der Waals surface area (Å²) in [5.74, 6) is 0. The van der Waals surface area contributed by atoms with Crippen molar-refractivity contribution in [1.29, 1.82) is 0 Å². The molecule has 0 saturated heterocycles. The highest BCUT2D eigenvalue weighted by molar-refractivity contribution is 5.67. The molecule has 12 heavy (non-hydrogen) atoms. The fourth-order valence-corrected chi connectivity index (χ4v) is 0.892. The zero-order chi connectivity index (χ0) is 8.97. The molecule has 1 rings (SSSR count). The Bertz CT molecular complexity index is 316. The molecule has 0 spiro atoms. The average Bonchev–Trinajstić information content (AvgIpc) is 2.05. The van der Waals surface area contributed by atoms with E-state index < -0.39 is 0 Å². The van der Waals surface area contributed by atoms with Gasteiger partial charge in [-0.2, -0.15) is 4.99 Å². The van der Waals surface area contributed by atoms with E-state index in [-0.39, 0.29) is 0 Å². The summed E-state index contributed by atoms with van der Waals surface area (Å²) in [4.78, 5) is 19.2. The fraction of sp³-hybridized carbons (Fsp3) is 0.250. The normalized spacial score (nSPS) is 8.83. The molecule has 1 heterocycles. The quantitative estimate of drug-likeness (QED) is 0.484. The van der Waals surface area contributed by atoms with E-state index in [0.717, 1.165) is 5.69 Å². The molecule has 4 heteroatoms. The molecule has 0 amide bonds. The van der Waals surface area contributed by atoms with Crippen LogP contribution >= 0.6 is 0 Å². The van der Waals surface area contributed by atoms with Gasteiger partial charge in [0.1, 0.15) is 5.69 Å². The largest absolute Gasteiger partial charge is 0.376 e. The number of carbonyl (C=O) groups excluding carboxylic acids is 1. The lowest BCUT2D eigenvalue weighted by Gasteiger charge is -2.12. The number of pyridine rings is 1. The Balaban J connectivity index is 3.17. The first-order valence-corrected chi connectivity index (χ1v) is 3.45. The van der Waals surface area contributed by atoms with Gasteiger partial charge in [0, 0.05) is 20.3 Å². The Labute approximate surface area is 70.6 Å². The molecule has 0 bridgehead atoms. The van der Waals surface area contributed by atoms with Crippen LogP contribution in [0, 0.1) is 0 Å². The first-order valence-electron chi connectivity index (χ1n) is 3.45. The lowest BCUT2D eigenvalue weighted by Crippen LogP contribution is -2.08. The Hall–Kier alpha value is -1.67. The number of aliphatic imine (C=N–C) groups is 1. The van der Waals surface area contributed by atoms with Crippen molar-refractivity contribution in [2.45, 2.75) is 0 Å². The molecule has 1 aromatic heterocycles. The smallest absolute Gasteiger partial charge is 0.240 e. The van der Waals surface area contributed by atoms with Gasteiger partial charge >= 0.3 is 0 Å². The third-order valence-electron chi connectivity index (χ3n) is 1.43. The second kappa shape index (κ2) is 3.64. The number of hydrogen-bond acceptors (Lipinski definition) is 4. The number of anilines is 1. The summed E-state index contributed by atoms with van der Waals surface area (Å²) >= 11 is 0. The van der Waals surface area contributed by atoms with Crippen molar-refractivity contribution in [2.75, 3.05) is 19.0 Å². The van der Waals surface area contributed by atoms with E-state index in [4.69, 9.17) is 0 Å². The van der Waals surface area contributed by atoms with Gasteiger partial charge in [-0.3, -0.25) is 4.98 Å². The second-order valence-electron chi connectivity index (χ2n) is 2.46. The molecule has 4 nitrogen and oxygen atoms in total.